The molecule has 0 radical (unpaired) electrons. The number of amides is 1. The Hall–Kier alpha value is -2.24. The standard InChI is InChI=1S/C18H22N4O2/c23-16(11-13-5-1-2-6-13)22-10-8-14(12-22)18-20-17(21-24-18)15-7-3-4-9-19-15/h3-4,7,9,13-14H,1-2,5-6,8,10-12H2/t14-/m0/s1. The first-order chi connectivity index (χ1) is 11.8. The van der Waals surface area contributed by atoms with Crippen molar-refractivity contribution in [1.82, 2.24) is 20.0 Å². The van der Waals surface area contributed by atoms with Crippen molar-refractivity contribution in [3.05, 3.63) is 30.3 Å². The van der Waals surface area contributed by atoms with Crippen LogP contribution in [0.25, 0.3) is 11.5 Å². The minimum atomic E-state index is 0.141. The van der Waals surface area contributed by atoms with E-state index in [0.29, 0.717) is 36.3 Å². The first-order valence-corrected chi connectivity index (χ1v) is 8.82. The zero-order valence-corrected chi connectivity index (χ0v) is 13.7. The Morgan fingerprint density at radius 1 is 1.25 bits per heavy atom. The average Bonchev–Trinajstić information content (AvgIpc) is 3.36. The van der Waals surface area contributed by atoms with Gasteiger partial charge >= 0.3 is 0 Å². The maximum Gasteiger partial charge on any atom is 0.231 e. The largest absolute Gasteiger partial charge is 0.342 e. The molecule has 3 heterocycles. The Bertz CT molecular complexity index is 694. The van der Waals surface area contributed by atoms with Gasteiger partial charge in [0, 0.05) is 25.7 Å². The van der Waals surface area contributed by atoms with Crippen LogP contribution in [0, 0.1) is 5.92 Å². The van der Waals surface area contributed by atoms with Crippen molar-refractivity contribution in [3.8, 4) is 11.5 Å². The Morgan fingerprint density at radius 3 is 2.92 bits per heavy atom. The van der Waals surface area contributed by atoms with Crippen LogP contribution in [-0.4, -0.2) is 39.0 Å². The lowest BCUT2D eigenvalue weighted by Crippen LogP contribution is -2.29. The van der Waals surface area contributed by atoms with Crippen LogP contribution in [0.15, 0.2) is 28.9 Å². The molecule has 1 amide bonds. The zero-order valence-electron chi connectivity index (χ0n) is 13.7. The summed E-state index contributed by atoms with van der Waals surface area (Å²) in [5.41, 5.74) is 0.708. The van der Waals surface area contributed by atoms with Crippen molar-refractivity contribution in [1.29, 1.82) is 0 Å². The summed E-state index contributed by atoms with van der Waals surface area (Å²) in [6.45, 7) is 1.48. The lowest BCUT2D eigenvalue weighted by Gasteiger charge is -2.18. The van der Waals surface area contributed by atoms with Gasteiger partial charge in [0.1, 0.15) is 5.69 Å². The van der Waals surface area contributed by atoms with Crippen molar-refractivity contribution in [3.63, 3.8) is 0 Å². The SMILES string of the molecule is O=C(CC1CCCC1)N1CC[C@H](c2nc(-c3ccccn3)no2)C1. The van der Waals surface area contributed by atoms with Crippen LogP contribution >= 0.6 is 0 Å². The van der Waals surface area contributed by atoms with E-state index in [9.17, 15) is 4.79 Å². The van der Waals surface area contributed by atoms with Gasteiger partial charge in [0.25, 0.3) is 0 Å². The van der Waals surface area contributed by atoms with Crippen LogP contribution in [0.5, 0.6) is 0 Å². The van der Waals surface area contributed by atoms with Gasteiger partial charge in [-0.3, -0.25) is 9.78 Å². The molecule has 0 aromatic carbocycles. The summed E-state index contributed by atoms with van der Waals surface area (Å²) in [6.07, 6.45) is 8.28. The van der Waals surface area contributed by atoms with Crippen molar-refractivity contribution in [2.24, 2.45) is 5.92 Å². The molecular weight excluding hydrogens is 304 g/mol. The molecule has 0 unspecified atom stereocenters. The van der Waals surface area contributed by atoms with Gasteiger partial charge in [0.2, 0.25) is 17.6 Å². The van der Waals surface area contributed by atoms with Crippen LogP contribution < -0.4 is 0 Å². The predicted octanol–water partition coefficient (Wildman–Crippen LogP) is 3.03. The van der Waals surface area contributed by atoms with Gasteiger partial charge in [0.15, 0.2) is 0 Å². The van der Waals surface area contributed by atoms with Crippen LogP contribution in [0.3, 0.4) is 0 Å². The molecule has 1 aliphatic carbocycles. The molecule has 4 rings (SSSR count). The normalized spacial score (nSPS) is 21.5. The highest BCUT2D eigenvalue weighted by atomic mass is 16.5. The number of hydrogen-bond donors (Lipinski definition) is 0. The zero-order chi connectivity index (χ0) is 16.4. The molecule has 24 heavy (non-hydrogen) atoms. The Kier molecular flexibility index (Phi) is 4.28. The van der Waals surface area contributed by atoms with E-state index in [1.54, 1.807) is 6.20 Å². The first-order valence-electron chi connectivity index (χ1n) is 8.82. The average molecular weight is 326 g/mol. The van der Waals surface area contributed by atoms with Crippen molar-refractivity contribution in [2.75, 3.05) is 13.1 Å². The number of likely N-dealkylation sites (tertiary alicyclic amines) is 1. The number of hydrogen-bond acceptors (Lipinski definition) is 5. The highest BCUT2D eigenvalue weighted by Crippen LogP contribution is 2.31. The molecular formula is C18H22N4O2. The maximum atomic E-state index is 12.5. The Morgan fingerprint density at radius 2 is 2.12 bits per heavy atom. The topological polar surface area (TPSA) is 72.1 Å². The molecule has 0 bridgehead atoms. The molecule has 0 N–H and O–H groups in total. The second-order valence-corrected chi connectivity index (χ2v) is 6.85. The molecule has 1 saturated heterocycles. The third-order valence-electron chi connectivity index (χ3n) is 5.16. The van der Waals surface area contributed by atoms with Crippen molar-refractivity contribution in [2.45, 2.75) is 44.4 Å². The second-order valence-electron chi connectivity index (χ2n) is 6.85. The summed E-state index contributed by atoms with van der Waals surface area (Å²) in [5, 5.41) is 4.03. The number of rotatable bonds is 4. The van der Waals surface area contributed by atoms with Gasteiger partial charge in [-0.25, -0.2) is 0 Å². The number of aromatic nitrogens is 3. The summed E-state index contributed by atoms with van der Waals surface area (Å²) in [4.78, 5) is 23.1. The van der Waals surface area contributed by atoms with E-state index in [2.05, 4.69) is 15.1 Å². The van der Waals surface area contributed by atoms with E-state index in [4.69, 9.17) is 4.52 Å². The summed E-state index contributed by atoms with van der Waals surface area (Å²) in [6, 6.07) is 5.62. The van der Waals surface area contributed by atoms with Crippen LogP contribution in [0.1, 0.15) is 50.3 Å². The molecule has 0 spiro atoms. The fourth-order valence-electron chi connectivity index (χ4n) is 3.78. The summed E-state index contributed by atoms with van der Waals surface area (Å²) in [5.74, 6) is 2.15. The molecule has 2 fully saturated rings. The van der Waals surface area contributed by atoms with Gasteiger partial charge in [0.05, 0.1) is 5.92 Å². The van der Waals surface area contributed by atoms with E-state index in [1.807, 2.05) is 23.1 Å². The highest BCUT2D eigenvalue weighted by Gasteiger charge is 2.32. The maximum absolute atomic E-state index is 12.5. The fraction of sp³-hybridized carbons (Fsp3) is 0.556. The van der Waals surface area contributed by atoms with Gasteiger partial charge < -0.3 is 9.42 Å². The van der Waals surface area contributed by atoms with Crippen LogP contribution in [0.4, 0.5) is 0 Å². The molecule has 126 valence electrons. The first kappa shape index (κ1) is 15.3. The molecule has 2 aromatic heterocycles. The van der Waals surface area contributed by atoms with Gasteiger partial charge in [-0.2, -0.15) is 4.98 Å². The lowest BCUT2D eigenvalue weighted by atomic mass is 10.0. The molecule has 1 aliphatic heterocycles. The van der Waals surface area contributed by atoms with E-state index in [1.165, 1.54) is 25.7 Å². The van der Waals surface area contributed by atoms with Crippen molar-refractivity contribution < 1.29 is 9.32 Å². The smallest absolute Gasteiger partial charge is 0.231 e. The van der Waals surface area contributed by atoms with Crippen LogP contribution in [0.2, 0.25) is 0 Å². The second kappa shape index (κ2) is 6.71. The third-order valence-corrected chi connectivity index (χ3v) is 5.16. The number of carbonyl (C=O) groups excluding carboxylic acids is 1. The molecule has 6 heteroatoms. The lowest BCUT2D eigenvalue weighted by molar-refractivity contribution is -0.131. The minimum Gasteiger partial charge on any atom is -0.342 e. The molecule has 2 aromatic rings. The van der Waals surface area contributed by atoms with Gasteiger partial charge in [-0.1, -0.05) is 24.1 Å². The highest BCUT2D eigenvalue weighted by molar-refractivity contribution is 5.76. The molecule has 1 atom stereocenters. The predicted molar refractivity (Wildman–Crippen MR) is 88.0 cm³/mol. The van der Waals surface area contributed by atoms with Gasteiger partial charge in [-0.05, 0) is 37.3 Å². The van der Waals surface area contributed by atoms with E-state index >= 15 is 0 Å². The quantitative estimate of drug-likeness (QED) is 0.863. The fourth-order valence-corrected chi connectivity index (χ4v) is 3.78. The number of nitrogens with zero attached hydrogens (tertiary/aromatic N) is 4. The summed E-state index contributed by atoms with van der Waals surface area (Å²) < 4.78 is 5.43. The summed E-state index contributed by atoms with van der Waals surface area (Å²) in [7, 11) is 0. The molecule has 1 saturated carbocycles. The van der Waals surface area contributed by atoms with Crippen molar-refractivity contribution >= 4 is 5.91 Å². The Labute approximate surface area is 141 Å². The van der Waals surface area contributed by atoms with Gasteiger partial charge in [-0.15, -0.1) is 0 Å². The summed E-state index contributed by atoms with van der Waals surface area (Å²) >= 11 is 0. The third kappa shape index (κ3) is 3.18. The van der Waals surface area contributed by atoms with E-state index in [-0.39, 0.29) is 11.8 Å². The van der Waals surface area contributed by atoms with Crippen LogP contribution in [-0.2, 0) is 4.79 Å². The number of carbonyl (C=O) groups is 1. The Balaban J connectivity index is 1.38. The number of pyridine rings is 1. The molecule has 2 aliphatic rings. The van der Waals surface area contributed by atoms with E-state index in [0.717, 1.165) is 13.0 Å². The minimum absolute atomic E-state index is 0.141. The van der Waals surface area contributed by atoms with E-state index < -0.39 is 0 Å². The molecule has 6 nitrogen and oxygen atoms in total. The monoisotopic (exact) mass is 326 g/mol.